The van der Waals surface area contributed by atoms with E-state index in [2.05, 4.69) is 39.8 Å². The molecule has 6 heteroatoms. The molecule has 3 N–H and O–H groups in total. The van der Waals surface area contributed by atoms with Crippen molar-refractivity contribution in [1.29, 1.82) is 0 Å². The molecule has 0 saturated heterocycles. The summed E-state index contributed by atoms with van der Waals surface area (Å²) in [6.07, 6.45) is 0.539. The standard InChI is InChI=1S/C14H21BrClN3O/c1-10(2)8-19(6-5-14(17)18-20)9-11-3-4-12(15)7-13(11)16/h3-4,7,10,20H,5-6,8-9H2,1-2H3,(H2,17,18). The maximum Gasteiger partial charge on any atom is 0.140 e. The average molecular weight is 363 g/mol. The van der Waals surface area contributed by atoms with Crippen LogP contribution in [0.25, 0.3) is 0 Å². The number of halogens is 2. The lowest BCUT2D eigenvalue weighted by Crippen LogP contribution is -2.31. The van der Waals surface area contributed by atoms with Crippen molar-refractivity contribution in [2.24, 2.45) is 16.8 Å². The number of hydrogen-bond donors (Lipinski definition) is 2. The first kappa shape index (κ1) is 17.3. The Morgan fingerprint density at radius 3 is 2.75 bits per heavy atom. The third-order valence-electron chi connectivity index (χ3n) is 2.85. The lowest BCUT2D eigenvalue weighted by Gasteiger charge is -2.24. The molecule has 112 valence electrons. The number of hydrogen-bond acceptors (Lipinski definition) is 3. The van der Waals surface area contributed by atoms with Crippen LogP contribution in [-0.4, -0.2) is 29.0 Å². The molecule has 1 aromatic rings. The van der Waals surface area contributed by atoms with Crippen LogP contribution in [0.3, 0.4) is 0 Å². The Hall–Kier alpha value is -0.780. The summed E-state index contributed by atoms with van der Waals surface area (Å²) in [7, 11) is 0. The minimum absolute atomic E-state index is 0.251. The lowest BCUT2D eigenvalue weighted by molar-refractivity contribution is 0.241. The van der Waals surface area contributed by atoms with E-state index in [1.54, 1.807) is 0 Å². The van der Waals surface area contributed by atoms with Gasteiger partial charge in [-0.1, -0.05) is 52.6 Å². The second kappa shape index (κ2) is 8.49. The number of oxime groups is 1. The average Bonchev–Trinajstić information content (AvgIpc) is 2.38. The topological polar surface area (TPSA) is 61.8 Å². The van der Waals surface area contributed by atoms with E-state index in [1.807, 2.05) is 18.2 Å². The van der Waals surface area contributed by atoms with E-state index in [0.29, 0.717) is 12.3 Å². The predicted molar refractivity (Wildman–Crippen MR) is 87.3 cm³/mol. The summed E-state index contributed by atoms with van der Waals surface area (Å²) in [5.41, 5.74) is 6.62. The first-order valence-electron chi connectivity index (χ1n) is 6.55. The molecule has 0 unspecified atom stereocenters. The van der Waals surface area contributed by atoms with Crippen molar-refractivity contribution in [3.05, 3.63) is 33.3 Å². The minimum Gasteiger partial charge on any atom is -0.409 e. The molecule has 0 aliphatic rings. The van der Waals surface area contributed by atoms with E-state index < -0.39 is 0 Å². The molecule has 0 radical (unpaired) electrons. The molecule has 0 bridgehead atoms. The summed E-state index contributed by atoms with van der Waals surface area (Å²) in [6.45, 7) is 6.76. The second-order valence-electron chi connectivity index (χ2n) is 5.21. The van der Waals surface area contributed by atoms with Crippen molar-refractivity contribution in [3.8, 4) is 0 Å². The number of nitrogens with two attached hydrogens (primary N) is 1. The highest BCUT2D eigenvalue weighted by molar-refractivity contribution is 9.10. The first-order valence-corrected chi connectivity index (χ1v) is 7.72. The molecule has 0 amide bonds. The molecule has 0 atom stereocenters. The Balaban J connectivity index is 2.72. The molecule has 0 aliphatic heterocycles. The lowest BCUT2D eigenvalue weighted by atomic mass is 10.1. The summed E-state index contributed by atoms with van der Waals surface area (Å²) >= 11 is 9.66. The molecule has 1 aromatic carbocycles. The van der Waals surface area contributed by atoms with E-state index in [4.69, 9.17) is 22.5 Å². The Bertz CT molecular complexity index is 466. The molecule has 0 heterocycles. The van der Waals surface area contributed by atoms with E-state index >= 15 is 0 Å². The van der Waals surface area contributed by atoms with Gasteiger partial charge in [0, 0.05) is 35.6 Å². The molecular formula is C14H21BrClN3O. The van der Waals surface area contributed by atoms with Crippen LogP contribution in [-0.2, 0) is 6.54 Å². The van der Waals surface area contributed by atoms with Gasteiger partial charge in [0.25, 0.3) is 0 Å². The highest BCUT2D eigenvalue weighted by Crippen LogP contribution is 2.23. The Morgan fingerprint density at radius 1 is 1.50 bits per heavy atom. The summed E-state index contributed by atoms with van der Waals surface area (Å²) in [5, 5.41) is 12.4. The molecule has 0 aliphatic carbocycles. The molecule has 0 aromatic heterocycles. The zero-order valence-electron chi connectivity index (χ0n) is 11.8. The van der Waals surface area contributed by atoms with Crippen LogP contribution in [0.5, 0.6) is 0 Å². The second-order valence-corrected chi connectivity index (χ2v) is 6.53. The smallest absolute Gasteiger partial charge is 0.140 e. The van der Waals surface area contributed by atoms with Gasteiger partial charge in [-0.25, -0.2) is 0 Å². The zero-order valence-corrected chi connectivity index (χ0v) is 14.2. The number of rotatable bonds is 7. The summed E-state index contributed by atoms with van der Waals surface area (Å²) in [6, 6.07) is 5.90. The van der Waals surface area contributed by atoms with Gasteiger partial charge in [-0.05, 0) is 23.6 Å². The van der Waals surface area contributed by atoms with Crippen molar-refractivity contribution >= 4 is 33.4 Å². The van der Waals surface area contributed by atoms with E-state index in [1.165, 1.54) is 0 Å². The fraction of sp³-hybridized carbons (Fsp3) is 0.500. The third-order valence-corrected chi connectivity index (χ3v) is 3.69. The monoisotopic (exact) mass is 361 g/mol. The minimum atomic E-state index is 0.251. The molecule has 0 saturated carbocycles. The Kier molecular flexibility index (Phi) is 7.34. The van der Waals surface area contributed by atoms with Gasteiger partial charge in [0.05, 0.1) is 0 Å². The van der Waals surface area contributed by atoms with Crippen molar-refractivity contribution in [2.75, 3.05) is 13.1 Å². The SMILES string of the molecule is CC(C)CN(CC/C(N)=N/O)Cc1ccc(Br)cc1Cl. The maximum atomic E-state index is 8.61. The van der Waals surface area contributed by atoms with Gasteiger partial charge < -0.3 is 10.9 Å². The number of benzene rings is 1. The van der Waals surface area contributed by atoms with Crippen molar-refractivity contribution in [1.82, 2.24) is 4.90 Å². The van der Waals surface area contributed by atoms with Crippen LogP contribution < -0.4 is 5.73 Å². The highest BCUT2D eigenvalue weighted by Gasteiger charge is 2.11. The summed E-state index contributed by atoms with van der Waals surface area (Å²) < 4.78 is 0.971. The van der Waals surface area contributed by atoms with E-state index in [0.717, 1.165) is 34.7 Å². The summed E-state index contributed by atoms with van der Waals surface area (Å²) in [4.78, 5) is 2.26. The molecule has 4 nitrogen and oxygen atoms in total. The fourth-order valence-electron chi connectivity index (χ4n) is 1.96. The third kappa shape index (κ3) is 6.11. The van der Waals surface area contributed by atoms with Crippen molar-refractivity contribution in [3.63, 3.8) is 0 Å². The van der Waals surface area contributed by atoms with Crippen LogP contribution >= 0.6 is 27.5 Å². The van der Waals surface area contributed by atoms with Gasteiger partial charge in [0.15, 0.2) is 0 Å². The van der Waals surface area contributed by atoms with Crippen molar-refractivity contribution < 1.29 is 5.21 Å². The largest absolute Gasteiger partial charge is 0.409 e. The van der Waals surface area contributed by atoms with Crippen LogP contribution in [0.1, 0.15) is 25.8 Å². The van der Waals surface area contributed by atoms with Gasteiger partial charge in [0.2, 0.25) is 0 Å². The summed E-state index contributed by atoms with van der Waals surface area (Å²) in [5.74, 6) is 0.789. The molecule has 1 rings (SSSR count). The quantitative estimate of drug-likeness (QED) is 0.336. The zero-order chi connectivity index (χ0) is 15.1. The predicted octanol–water partition coefficient (Wildman–Crippen LogP) is 3.70. The van der Waals surface area contributed by atoms with Crippen LogP contribution in [0, 0.1) is 5.92 Å². The Labute approximate surface area is 133 Å². The van der Waals surface area contributed by atoms with Crippen LogP contribution in [0.2, 0.25) is 5.02 Å². The van der Waals surface area contributed by atoms with Gasteiger partial charge in [-0.2, -0.15) is 0 Å². The molecule has 0 fully saturated rings. The van der Waals surface area contributed by atoms with Crippen LogP contribution in [0.4, 0.5) is 0 Å². The van der Waals surface area contributed by atoms with Gasteiger partial charge in [0.1, 0.15) is 5.84 Å². The first-order chi connectivity index (χ1) is 9.42. The molecule has 20 heavy (non-hydrogen) atoms. The fourth-order valence-corrected chi connectivity index (χ4v) is 2.70. The molecule has 0 spiro atoms. The Morgan fingerprint density at radius 2 is 2.20 bits per heavy atom. The highest BCUT2D eigenvalue weighted by atomic mass is 79.9. The number of amidine groups is 1. The van der Waals surface area contributed by atoms with E-state index in [-0.39, 0.29) is 5.84 Å². The van der Waals surface area contributed by atoms with Crippen LogP contribution in [0.15, 0.2) is 27.8 Å². The molecular weight excluding hydrogens is 342 g/mol. The number of nitrogens with zero attached hydrogens (tertiary/aromatic N) is 2. The van der Waals surface area contributed by atoms with Gasteiger partial charge in [-0.15, -0.1) is 0 Å². The normalized spacial score (nSPS) is 12.4. The van der Waals surface area contributed by atoms with E-state index in [9.17, 15) is 0 Å². The van der Waals surface area contributed by atoms with Gasteiger partial charge >= 0.3 is 0 Å². The maximum absolute atomic E-state index is 8.61. The van der Waals surface area contributed by atoms with Gasteiger partial charge in [-0.3, -0.25) is 4.90 Å². The van der Waals surface area contributed by atoms with Crippen molar-refractivity contribution in [2.45, 2.75) is 26.8 Å².